The largest absolute Gasteiger partial charge is 0.456 e. The van der Waals surface area contributed by atoms with Crippen LogP contribution in [0.1, 0.15) is 24.0 Å². The number of ether oxygens (including phenoxy) is 1. The van der Waals surface area contributed by atoms with Crippen LogP contribution >= 0.6 is 0 Å². The van der Waals surface area contributed by atoms with Crippen LogP contribution in [0.5, 0.6) is 11.5 Å². The smallest absolute Gasteiger partial charge is 0.271 e. The maximum atomic E-state index is 13.0. The summed E-state index contributed by atoms with van der Waals surface area (Å²) >= 11 is 0. The summed E-state index contributed by atoms with van der Waals surface area (Å²) in [5, 5.41) is 11.1. The van der Waals surface area contributed by atoms with E-state index < -0.39 is 14.9 Å². The van der Waals surface area contributed by atoms with Gasteiger partial charge in [0, 0.05) is 25.2 Å². The van der Waals surface area contributed by atoms with Crippen LogP contribution in [0, 0.1) is 24.0 Å². The summed E-state index contributed by atoms with van der Waals surface area (Å²) < 4.78 is 33.2. The van der Waals surface area contributed by atoms with E-state index in [1.165, 1.54) is 16.4 Å². The van der Waals surface area contributed by atoms with E-state index in [0.29, 0.717) is 18.8 Å². The zero-order valence-electron chi connectivity index (χ0n) is 14.6. The first-order valence-corrected chi connectivity index (χ1v) is 9.77. The minimum Gasteiger partial charge on any atom is -0.456 e. The first-order chi connectivity index (χ1) is 12.3. The number of nitro groups is 1. The van der Waals surface area contributed by atoms with Crippen LogP contribution in [-0.4, -0.2) is 30.7 Å². The third kappa shape index (κ3) is 3.42. The lowest BCUT2D eigenvalue weighted by Gasteiger charge is -2.19. The van der Waals surface area contributed by atoms with Crippen molar-refractivity contribution in [1.29, 1.82) is 0 Å². The molecule has 26 heavy (non-hydrogen) atoms. The van der Waals surface area contributed by atoms with Gasteiger partial charge in [0.1, 0.15) is 16.4 Å². The van der Waals surface area contributed by atoms with Crippen LogP contribution in [0.4, 0.5) is 5.69 Å². The molecule has 0 spiro atoms. The minimum atomic E-state index is -3.86. The fourth-order valence-electron chi connectivity index (χ4n) is 2.92. The maximum Gasteiger partial charge on any atom is 0.271 e. The Kier molecular flexibility index (Phi) is 4.97. The molecule has 138 valence electrons. The highest BCUT2D eigenvalue weighted by Gasteiger charge is 2.32. The van der Waals surface area contributed by atoms with E-state index >= 15 is 0 Å². The van der Waals surface area contributed by atoms with Gasteiger partial charge in [-0.1, -0.05) is 12.1 Å². The van der Waals surface area contributed by atoms with Crippen LogP contribution in [0.15, 0.2) is 41.3 Å². The summed E-state index contributed by atoms with van der Waals surface area (Å²) in [5.74, 6) is 0.618. The van der Waals surface area contributed by atoms with Crippen LogP contribution < -0.4 is 4.74 Å². The quantitative estimate of drug-likeness (QED) is 0.585. The van der Waals surface area contributed by atoms with Gasteiger partial charge >= 0.3 is 0 Å². The predicted octanol–water partition coefficient (Wildman–Crippen LogP) is 3.79. The van der Waals surface area contributed by atoms with E-state index in [1.54, 1.807) is 6.07 Å². The number of rotatable bonds is 5. The van der Waals surface area contributed by atoms with Crippen molar-refractivity contribution < 1.29 is 18.1 Å². The second-order valence-corrected chi connectivity index (χ2v) is 8.21. The summed E-state index contributed by atoms with van der Waals surface area (Å²) in [6.07, 6.45) is 1.56. The van der Waals surface area contributed by atoms with Gasteiger partial charge in [-0.15, -0.1) is 0 Å². The van der Waals surface area contributed by atoms with Gasteiger partial charge in [-0.25, -0.2) is 8.42 Å². The van der Waals surface area contributed by atoms with E-state index in [9.17, 15) is 18.5 Å². The molecule has 0 N–H and O–H groups in total. The zero-order valence-corrected chi connectivity index (χ0v) is 15.5. The molecule has 0 atom stereocenters. The molecular formula is C18H20N2O5S. The number of sulfonamides is 1. The average Bonchev–Trinajstić information content (AvgIpc) is 3.14. The van der Waals surface area contributed by atoms with E-state index in [0.717, 1.165) is 30.0 Å². The molecular weight excluding hydrogens is 356 g/mol. The Bertz CT molecular complexity index is 950. The molecule has 0 amide bonds. The van der Waals surface area contributed by atoms with Gasteiger partial charge in [0.25, 0.3) is 5.69 Å². The Balaban J connectivity index is 2.10. The number of nitrogens with zero attached hydrogens (tertiary/aromatic N) is 2. The normalized spacial score (nSPS) is 15.2. The molecule has 1 fully saturated rings. The molecule has 1 saturated heterocycles. The molecule has 0 unspecified atom stereocenters. The van der Waals surface area contributed by atoms with E-state index in [1.807, 2.05) is 26.0 Å². The van der Waals surface area contributed by atoms with Crippen molar-refractivity contribution in [3.63, 3.8) is 0 Å². The highest BCUT2D eigenvalue weighted by Crippen LogP contribution is 2.36. The fourth-order valence-corrected chi connectivity index (χ4v) is 4.57. The van der Waals surface area contributed by atoms with Crippen molar-refractivity contribution in [2.24, 2.45) is 0 Å². The van der Waals surface area contributed by atoms with Crippen molar-refractivity contribution in [2.75, 3.05) is 13.1 Å². The maximum absolute atomic E-state index is 13.0. The van der Waals surface area contributed by atoms with Crippen molar-refractivity contribution in [3.05, 3.63) is 57.6 Å². The average molecular weight is 376 g/mol. The third-order valence-electron chi connectivity index (χ3n) is 4.60. The van der Waals surface area contributed by atoms with Gasteiger partial charge in [-0.2, -0.15) is 4.31 Å². The second kappa shape index (κ2) is 7.05. The van der Waals surface area contributed by atoms with Crippen LogP contribution in [-0.2, 0) is 10.0 Å². The molecule has 0 saturated carbocycles. The molecule has 0 aromatic heterocycles. The summed E-state index contributed by atoms with van der Waals surface area (Å²) in [6, 6.07) is 9.17. The molecule has 1 aliphatic rings. The Morgan fingerprint density at radius 1 is 1.08 bits per heavy atom. The molecule has 1 heterocycles. The van der Waals surface area contributed by atoms with Gasteiger partial charge in [-0.3, -0.25) is 10.1 Å². The van der Waals surface area contributed by atoms with Gasteiger partial charge in [0.15, 0.2) is 0 Å². The second-order valence-electron chi connectivity index (χ2n) is 6.30. The molecule has 1 aliphatic heterocycles. The molecule has 2 aromatic rings. The lowest BCUT2D eigenvalue weighted by molar-refractivity contribution is -0.385. The molecule has 8 heteroatoms. The Morgan fingerprint density at radius 3 is 2.42 bits per heavy atom. The lowest BCUT2D eigenvalue weighted by atomic mass is 10.1. The monoisotopic (exact) mass is 376 g/mol. The first-order valence-electron chi connectivity index (χ1n) is 8.33. The minimum absolute atomic E-state index is 0.0937. The number of aryl methyl sites for hydroxylation is 1. The number of nitro benzene ring substituents is 1. The first kappa shape index (κ1) is 18.3. The highest BCUT2D eigenvalue weighted by molar-refractivity contribution is 7.89. The van der Waals surface area contributed by atoms with Gasteiger partial charge < -0.3 is 4.74 Å². The lowest BCUT2D eigenvalue weighted by Crippen LogP contribution is -2.28. The summed E-state index contributed by atoms with van der Waals surface area (Å²) in [7, 11) is -3.86. The van der Waals surface area contributed by atoms with Crippen molar-refractivity contribution in [2.45, 2.75) is 31.6 Å². The predicted molar refractivity (Wildman–Crippen MR) is 97.1 cm³/mol. The fraction of sp³-hybridized carbons (Fsp3) is 0.333. The summed E-state index contributed by atoms with van der Waals surface area (Å²) in [4.78, 5) is 10.3. The molecule has 0 radical (unpaired) electrons. The molecule has 2 aromatic carbocycles. The van der Waals surface area contributed by atoms with Crippen molar-refractivity contribution in [3.8, 4) is 11.5 Å². The molecule has 0 aliphatic carbocycles. The molecule has 3 rings (SSSR count). The van der Waals surface area contributed by atoms with Gasteiger partial charge in [-0.05, 0) is 49.9 Å². The topological polar surface area (TPSA) is 89.7 Å². The van der Waals surface area contributed by atoms with Crippen LogP contribution in [0.25, 0.3) is 0 Å². The van der Waals surface area contributed by atoms with Gasteiger partial charge in [0.05, 0.1) is 4.92 Å². The zero-order chi connectivity index (χ0) is 18.9. The number of non-ortho nitro benzene ring substituents is 1. The van der Waals surface area contributed by atoms with E-state index in [4.69, 9.17) is 4.74 Å². The van der Waals surface area contributed by atoms with Crippen molar-refractivity contribution in [1.82, 2.24) is 4.31 Å². The number of benzene rings is 2. The molecule has 7 nitrogen and oxygen atoms in total. The summed E-state index contributed by atoms with van der Waals surface area (Å²) in [6.45, 7) is 4.63. The summed E-state index contributed by atoms with van der Waals surface area (Å²) in [5.41, 5.74) is 1.61. The van der Waals surface area contributed by atoms with Crippen molar-refractivity contribution >= 4 is 15.7 Å². The van der Waals surface area contributed by atoms with E-state index in [-0.39, 0.29) is 16.3 Å². The third-order valence-corrected chi connectivity index (χ3v) is 6.52. The Morgan fingerprint density at radius 2 is 1.77 bits per heavy atom. The van der Waals surface area contributed by atoms with Crippen LogP contribution in [0.3, 0.4) is 0 Å². The Hall–Kier alpha value is -2.45. The number of hydrogen-bond donors (Lipinski definition) is 0. The Labute approximate surface area is 152 Å². The number of hydrogen-bond acceptors (Lipinski definition) is 5. The standard InChI is InChI=1S/C18H20N2O5S/c1-13-6-5-7-16(14(13)2)25-17-9-8-15(20(21)22)12-18(17)26(23,24)19-10-3-4-11-19/h5-9,12H,3-4,10-11H2,1-2H3. The SMILES string of the molecule is Cc1cccc(Oc2ccc([N+](=O)[O-])cc2S(=O)(=O)N2CCCC2)c1C. The van der Waals surface area contributed by atoms with E-state index in [2.05, 4.69) is 0 Å². The van der Waals surface area contributed by atoms with Gasteiger partial charge in [0.2, 0.25) is 10.0 Å². The highest BCUT2D eigenvalue weighted by atomic mass is 32.2. The molecule has 0 bridgehead atoms. The van der Waals surface area contributed by atoms with Crippen LogP contribution in [0.2, 0.25) is 0 Å².